The minimum absolute atomic E-state index is 0.202. The molecule has 3 rings (SSSR count). The SMILES string of the molecule is Cc1ccc(-c2cc(C(F)F)nc(N3CCC[C@@H](C)C3)n2)cc1C. The average molecular weight is 331 g/mol. The number of aromatic nitrogens is 2. The molecule has 2 heterocycles. The molecular weight excluding hydrogens is 308 g/mol. The van der Waals surface area contributed by atoms with Gasteiger partial charge in [0.25, 0.3) is 6.43 Å². The van der Waals surface area contributed by atoms with Crippen molar-refractivity contribution in [2.45, 2.75) is 40.0 Å². The van der Waals surface area contributed by atoms with Crippen molar-refractivity contribution >= 4 is 5.95 Å². The van der Waals surface area contributed by atoms with Gasteiger partial charge in [-0.05, 0) is 55.9 Å². The number of alkyl halides is 2. The Kier molecular flexibility index (Phi) is 4.78. The number of rotatable bonds is 3. The van der Waals surface area contributed by atoms with Crippen LogP contribution >= 0.6 is 0 Å². The van der Waals surface area contributed by atoms with Crippen LogP contribution in [0, 0.1) is 19.8 Å². The zero-order chi connectivity index (χ0) is 17.3. The highest BCUT2D eigenvalue weighted by Gasteiger charge is 2.22. The molecule has 1 aromatic carbocycles. The summed E-state index contributed by atoms with van der Waals surface area (Å²) in [6.45, 7) is 7.86. The number of hydrogen-bond acceptors (Lipinski definition) is 3. The topological polar surface area (TPSA) is 29.0 Å². The van der Waals surface area contributed by atoms with E-state index in [4.69, 9.17) is 0 Å². The van der Waals surface area contributed by atoms with E-state index in [9.17, 15) is 8.78 Å². The van der Waals surface area contributed by atoms with E-state index in [1.807, 2.05) is 36.9 Å². The van der Waals surface area contributed by atoms with Crippen molar-refractivity contribution in [3.05, 3.63) is 41.1 Å². The summed E-state index contributed by atoms with van der Waals surface area (Å²) in [7, 11) is 0. The van der Waals surface area contributed by atoms with E-state index in [1.54, 1.807) is 0 Å². The molecule has 128 valence electrons. The van der Waals surface area contributed by atoms with Crippen LogP contribution in [0.4, 0.5) is 14.7 Å². The fourth-order valence-corrected chi connectivity index (χ4v) is 3.13. The summed E-state index contributed by atoms with van der Waals surface area (Å²) in [4.78, 5) is 10.8. The van der Waals surface area contributed by atoms with E-state index < -0.39 is 6.43 Å². The van der Waals surface area contributed by atoms with Gasteiger partial charge in [0.2, 0.25) is 5.95 Å². The molecular formula is C19H23F2N3. The Morgan fingerprint density at radius 1 is 1.12 bits per heavy atom. The summed E-state index contributed by atoms with van der Waals surface area (Å²) in [5.74, 6) is 0.954. The first-order valence-electron chi connectivity index (χ1n) is 8.43. The van der Waals surface area contributed by atoms with Gasteiger partial charge in [-0.2, -0.15) is 0 Å². The molecule has 0 unspecified atom stereocenters. The highest BCUT2D eigenvalue weighted by atomic mass is 19.3. The third kappa shape index (κ3) is 3.55. The molecule has 0 radical (unpaired) electrons. The highest BCUT2D eigenvalue weighted by Crippen LogP contribution is 2.28. The number of hydrogen-bond donors (Lipinski definition) is 0. The van der Waals surface area contributed by atoms with Crippen LogP contribution in [0.1, 0.15) is 43.0 Å². The molecule has 1 aromatic heterocycles. The number of aryl methyl sites for hydroxylation is 2. The third-order valence-electron chi connectivity index (χ3n) is 4.70. The molecule has 24 heavy (non-hydrogen) atoms. The predicted molar refractivity (Wildman–Crippen MR) is 92.5 cm³/mol. The maximum atomic E-state index is 13.3. The standard InChI is InChI=1S/C19H23F2N3/c1-12-5-4-8-24(11-12)19-22-16(10-17(23-19)18(20)21)15-7-6-13(2)14(3)9-15/h6-7,9-10,12,18H,4-5,8,11H2,1-3H3/t12-/m1/s1. The lowest BCUT2D eigenvalue weighted by molar-refractivity contribution is 0.146. The molecule has 1 atom stereocenters. The molecule has 0 N–H and O–H groups in total. The van der Waals surface area contributed by atoms with Gasteiger partial charge in [0.15, 0.2) is 0 Å². The maximum absolute atomic E-state index is 13.3. The first-order valence-corrected chi connectivity index (χ1v) is 8.43. The Balaban J connectivity index is 2.03. The first kappa shape index (κ1) is 16.8. The Morgan fingerprint density at radius 2 is 1.92 bits per heavy atom. The number of nitrogens with zero attached hydrogens (tertiary/aromatic N) is 3. The molecule has 3 nitrogen and oxygen atoms in total. The van der Waals surface area contributed by atoms with E-state index in [0.717, 1.165) is 37.1 Å². The zero-order valence-corrected chi connectivity index (χ0v) is 14.4. The van der Waals surface area contributed by atoms with Crippen molar-refractivity contribution < 1.29 is 8.78 Å². The minimum Gasteiger partial charge on any atom is -0.341 e. The molecule has 0 bridgehead atoms. The Labute approximate surface area is 141 Å². The first-order chi connectivity index (χ1) is 11.4. The summed E-state index contributed by atoms with van der Waals surface area (Å²) in [5, 5.41) is 0. The lowest BCUT2D eigenvalue weighted by atomic mass is 10.0. The summed E-state index contributed by atoms with van der Waals surface area (Å²) in [6, 6.07) is 7.33. The number of benzene rings is 1. The van der Waals surface area contributed by atoms with Crippen LogP contribution in [0.3, 0.4) is 0 Å². The zero-order valence-electron chi connectivity index (χ0n) is 14.4. The monoisotopic (exact) mass is 331 g/mol. The van der Waals surface area contributed by atoms with Gasteiger partial charge in [-0.1, -0.05) is 19.1 Å². The molecule has 1 saturated heterocycles. The minimum atomic E-state index is -2.60. The molecule has 2 aromatic rings. The van der Waals surface area contributed by atoms with Crippen molar-refractivity contribution in [2.75, 3.05) is 18.0 Å². The van der Waals surface area contributed by atoms with Gasteiger partial charge in [-0.3, -0.25) is 0 Å². The second kappa shape index (κ2) is 6.83. The van der Waals surface area contributed by atoms with E-state index in [1.165, 1.54) is 11.6 Å². The van der Waals surface area contributed by atoms with Crippen LogP contribution in [0.15, 0.2) is 24.3 Å². The van der Waals surface area contributed by atoms with E-state index in [0.29, 0.717) is 17.6 Å². The average Bonchev–Trinajstić information content (AvgIpc) is 2.57. The van der Waals surface area contributed by atoms with Crippen LogP contribution < -0.4 is 4.90 Å². The van der Waals surface area contributed by atoms with Crippen LogP contribution in [-0.2, 0) is 0 Å². The molecule has 5 heteroatoms. The fourth-order valence-electron chi connectivity index (χ4n) is 3.13. The van der Waals surface area contributed by atoms with Crippen LogP contribution in [0.25, 0.3) is 11.3 Å². The lowest BCUT2D eigenvalue weighted by Crippen LogP contribution is -2.35. The normalized spacial score (nSPS) is 18.2. The smallest absolute Gasteiger partial charge is 0.280 e. The number of piperidine rings is 1. The lowest BCUT2D eigenvalue weighted by Gasteiger charge is -2.31. The summed E-state index contributed by atoms with van der Waals surface area (Å²) in [5.41, 5.74) is 3.52. The highest BCUT2D eigenvalue weighted by molar-refractivity contribution is 5.63. The number of anilines is 1. The summed E-state index contributed by atoms with van der Waals surface area (Å²) in [6.07, 6.45) is -0.392. The molecule has 1 fully saturated rings. The quantitative estimate of drug-likeness (QED) is 0.798. The van der Waals surface area contributed by atoms with Gasteiger partial charge in [-0.25, -0.2) is 18.7 Å². The van der Waals surface area contributed by atoms with Gasteiger partial charge in [0.05, 0.1) is 5.69 Å². The predicted octanol–water partition coefficient (Wildman–Crippen LogP) is 4.93. The molecule has 0 amide bonds. The molecule has 1 aliphatic rings. The summed E-state index contributed by atoms with van der Waals surface area (Å²) < 4.78 is 26.6. The van der Waals surface area contributed by atoms with Gasteiger partial charge >= 0.3 is 0 Å². The van der Waals surface area contributed by atoms with Crippen LogP contribution in [-0.4, -0.2) is 23.1 Å². The van der Waals surface area contributed by atoms with Crippen molar-refractivity contribution in [1.29, 1.82) is 0 Å². The second-order valence-corrected chi connectivity index (χ2v) is 6.77. The maximum Gasteiger partial charge on any atom is 0.280 e. The van der Waals surface area contributed by atoms with Crippen molar-refractivity contribution in [2.24, 2.45) is 5.92 Å². The van der Waals surface area contributed by atoms with Gasteiger partial charge < -0.3 is 4.90 Å². The number of halogens is 2. The van der Waals surface area contributed by atoms with Gasteiger partial charge in [0, 0.05) is 18.7 Å². The third-order valence-corrected chi connectivity index (χ3v) is 4.70. The van der Waals surface area contributed by atoms with Gasteiger partial charge in [-0.15, -0.1) is 0 Å². The molecule has 0 aliphatic carbocycles. The Hall–Kier alpha value is -2.04. The Bertz CT molecular complexity index is 731. The van der Waals surface area contributed by atoms with Crippen LogP contribution in [0.2, 0.25) is 0 Å². The second-order valence-electron chi connectivity index (χ2n) is 6.77. The van der Waals surface area contributed by atoms with E-state index in [2.05, 4.69) is 16.9 Å². The Morgan fingerprint density at radius 3 is 2.58 bits per heavy atom. The van der Waals surface area contributed by atoms with Crippen molar-refractivity contribution in [3.63, 3.8) is 0 Å². The molecule has 0 saturated carbocycles. The van der Waals surface area contributed by atoms with Gasteiger partial charge in [0.1, 0.15) is 5.69 Å². The van der Waals surface area contributed by atoms with E-state index >= 15 is 0 Å². The molecule has 0 spiro atoms. The van der Waals surface area contributed by atoms with Crippen molar-refractivity contribution in [1.82, 2.24) is 9.97 Å². The fraction of sp³-hybridized carbons (Fsp3) is 0.474. The van der Waals surface area contributed by atoms with E-state index in [-0.39, 0.29) is 5.69 Å². The summed E-state index contributed by atoms with van der Waals surface area (Å²) >= 11 is 0. The largest absolute Gasteiger partial charge is 0.341 e. The van der Waals surface area contributed by atoms with Crippen LogP contribution in [0.5, 0.6) is 0 Å². The van der Waals surface area contributed by atoms with Crippen molar-refractivity contribution in [3.8, 4) is 11.3 Å². The molecule has 1 aliphatic heterocycles.